The van der Waals surface area contributed by atoms with Crippen LogP contribution in [-0.4, -0.2) is 11.3 Å². The molecule has 0 N–H and O–H groups in total. The minimum Gasteiger partial charge on any atom is -0.310 e. The molecule has 618 valence electrons. The van der Waals surface area contributed by atoms with Gasteiger partial charge in [0.05, 0.1) is 33.4 Å². The van der Waals surface area contributed by atoms with Crippen LogP contribution in [-0.2, 0) is 59.6 Å². The summed E-state index contributed by atoms with van der Waals surface area (Å²) in [6.07, 6.45) is 0. The van der Waals surface area contributed by atoms with Crippen LogP contribution in [0, 0.1) is 0 Å². The maximum absolute atomic E-state index is 10.1. The van der Waals surface area contributed by atoms with Gasteiger partial charge in [0.2, 0.25) is 0 Å². The van der Waals surface area contributed by atoms with Gasteiger partial charge in [-0.25, -0.2) is 0 Å². The van der Waals surface area contributed by atoms with Crippen LogP contribution in [0.4, 0.5) is 34.1 Å². The third kappa shape index (κ3) is 15.6. The zero-order valence-electron chi connectivity index (χ0n) is 86.7. The largest absolute Gasteiger partial charge is 0.310 e. The van der Waals surface area contributed by atoms with Crippen molar-refractivity contribution in [3.8, 4) is 61.3 Å². The van der Waals surface area contributed by atoms with Gasteiger partial charge >= 0.3 is 0 Å². The van der Waals surface area contributed by atoms with Gasteiger partial charge < -0.3 is 14.4 Å². The number of aromatic nitrogens is 1. The topological polar surface area (TPSA) is 11.4 Å². The van der Waals surface area contributed by atoms with E-state index in [-0.39, 0.29) is 89.3 Å². The molecule has 13 aromatic rings. The number of fused-ring (bicyclic) bond motifs is 7. The van der Waals surface area contributed by atoms with E-state index < -0.39 is 47.1 Å². The Kier molecular flexibility index (Phi) is 18.1. The number of para-hydroxylation sites is 2. The van der Waals surface area contributed by atoms with Gasteiger partial charge in [-0.1, -0.05) is 386 Å². The monoisotopic (exact) mass is 1590 g/mol. The molecule has 0 fully saturated rings. The summed E-state index contributed by atoms with van der Waals surface area (Å²) in [4.78, 5) is 5.29. The molecule has 0 aliphatic carbocycles. The van der Waals surface area contributed by atoms with Gasteiger partial charge in [-0.2, -0.15) is 0 Å². The molecule has 0 atom stereocenters. The lowest BCUT2D eigenvalue weighted by Gasteiger charge is -2.47. The standard InChI is InChI=1S/C116H136BN3/c1-106(2,3)75-47-42-71(43-48-75)89-62-81(112(19,20)21)64-91(85-54-51-77(108(7,8)9)66-93(85)115(28,29)30)104(89)119-99-60-73(74-58-79(110(13,14)15)61-80(59-74)111(16,17)18)46-56-95(99)117-96-57-53-84(118-97-40-36-34-38-87(97)88-39-35-37-41-98(88)118)70-100(96)120(102-69-83(114(25,26)27)68-101(119)103(102)117)105-90(72-44-49-76(50-45-72)107(4,5)6)63-82(113(22,23)24)65-92(105)86-55-52-78(109(10,11)12)67-94(86)116(31,32)33/h34-70H,1-33H3/i34D,35D,36D,37D,38D,39D,40D,41D. The fourth-order valence-electron chi connectivity index (χ4n) is 18.1. The molecule has 0 amide bonds. The van der Waals surface area contributed by atoms with Crippen LogP contribution in [0.1, 0.15) is 301 Å². The lowest BCUT2D eigenvalue weighted by Crippen LogP contribution is -2.61. The third-order valence-corrected chi connectivity index (χ3v) is 25.7. The summed E-state index contributed by atoms with van der Waals surface area (Å²) in [7, 11) is 0. The summed E-state index contributed by atoms with van der Waals surface area (Å²) in [5.41, 5.74) is 30.3. The van der Waals surface area contributed by atoms with Crippen molar-refractivity contribution in [2.24, 2.45) is 0 Å². The number of rotatable bonds is 8. The van der Waals surface area contributed by atoms with Crippen molar-refractivity contribution < 1.29 is 11.0 Å². The van der Waals surface area contributed by atoms with Gasteiger partial charge in [0.15, 0.2) is 0 Å². The van der Waals surface area contributed by atoms with E-state index >= 15 is 0 Å². The van der Waals surface area contributed by atoms with Crippen molar-refractivity contribution in [2.45, 2.75) is 288 Å². The molecule has 12 aromatic carbocycles. The predicted octanol–water partition coefficient (Wildman–Crippen LogP) is 31.5. The zero-order chi connectivity index (χ0) is 94.1. The van der Waals surface area contributed by atoms with Gasteiger partial charge in [-0.15, -0.1) is 0 Å². The molecule has 0 radical (unpaired) electrons. The van der Waals surface area contributed by atoms with Crippen molar-refractivity contribution in [1.82, 2.24) is 4.57 Å². The molecule has 1 aromatic heterocycles. The third-order valence-electron chi connectivity index (χ3n) is 25.7. The Bertz CT molecular complexity index is 6600. The Hall–Kier alpha value is -9.90. The Balaban J connectivity index is 1.24. The van der Waals surface area contributed by atoms with Gasteiger partial charge in [0.1, 0.15) is 0 Å². The molecule has 3 nitrogen and oxygen atoms in total. The minimum absolute atomic E-state index is 0.0192. The smallest absolute Gasteiger partial charge is 0.252 e. The van der Waals surface area contributed by atoms with E-state index in [9.17, 15) is 11.0 Å². The van der Waals surface area contributed by atoms with Gasteiger partial charge in [-0.3, -0.25) is 0 Å². The molecule has 120 heavy (non-hydrogen) atoms. The van der Waals surface area contributed by atoms with Crippen LogP contribution in [0.15, 0.2) is 224 Å². The van der Waals surface area contributed by atoms with E-state index in [1.54, 1.807) is 4.57 Å². The van der Waals surface area contributed by atoms with Crippen LogP contribution in [0.3, 0.4) is 0 Å². The predicted molar refractivity (Wildman–Crippen MR) is 528 cm³/mol. The van der Waals surface area contributed by atoms with Crippen molar-refractivity contribution >= 4 is 79.0 Å². The van der Waals surface area contributed by atoms with Crippen molar-refractivity contribution in [3.63, 3.8) is 0 Å². The Morgan fingerprint density at radius 3 is 0.917 bits per heavy atom. The first-order chi connectivity index (χ1) is 58.8. The molecular weight excluding hydrogens is 1450 g/mol. The second kappa shape index (κ2) is 28.9. The molecule has 2 aliphatic heterocycles. The van der Waals surface area contributed by atoms with E-state index in [0.717, 1.165) is 117 Å². The SMILES string of the molecule is [2H]c1c([2H])c([2H])c2c(c1[2H])c1c([2H])c([2H])c([2H])c([2H])c1n2-c1ccc2c(c1)N(c1c(-c3ccc(C(C)(C)C)cc3)cc(C(C)(C)C)cc1-c1ccc(C(C)(C)C)cc1C(C)(C)C)c1cc(C(C)(C)C)cc3c1B2c1ccc(-c2cc(C(C)(C)C)cc(C(C)(C)C)c2)cc1N3c1c(-c2ccc(C(C)(C)C)cc2)cc(C(C)(C)C)cc1-c1ccc(C(C)(C)C)cc1C(C)(C)C. The molecule has 15 rings (SSSR count). The molecule has 3 heterocycles. The molecule has 0 saturated heterocycles. The second-order valence-electron chi connectivity index (χ2n) is 46.4. The normalized spacial score (nSPS) is 14.9. The second-order valence-corrected chi connectivity index (χ2v) is 46.4. The van der Waals surface area contributed by atoms with Crippen molar-refractivity contribution in [1.29, 1.82) is 0 Å². The Morgan fingerprint density at radius 2 is 0.550 bits per heavy atom. The fraction of sp³-hybridized carbons (Fsp3) is 0.379. The lowest BCUT2D eigenvalue weighted by molar-refractivity contribution is 0.568. The van der Waals surface area contributed by atoms with Gasteiger partial charge in [-0.05, 0) is 237 Å². The lowest BCUT2D eigenvalue weighted by atomic mass is 9.33. The average Bonchev–Trinajstić information content (AvgIpc) is 0.704. The molecule has 0 saturated carbocycles. The quantitative estimate of drug-likeness (QED) is 0.141. The first kappa shape index (κ1) is 75.1. The molecule has 4 heteroatoms. The van der Waals surface area contributed by atoms with Crippen LogP contribution >= 0.6 is 0 Å². The maximum atomic E-state index is 10.1. The maximum Gasteiger partial charge on any atom is 0.252 e. The van der Waals surface area contributed by atoms with E-state index in [0.29, 0.717) is 5.69 Å². The van der Waals surface area contributed by atoms with E-state index in [4.69, 9.17) is 0 Å². The Labute approximate surface area is 734 Å². The summed E-state index contributed by atoms with van der Waals surface area (Å²) in [6.45, 7) is 76.1. The molecule has 0 unspecified atom stereocenters. The number of hydrogen-bond donors (Lipinski definition) is 0. The van der Waals surface area contributed by atoms with Gasteiger partial charge in [0.25, 0.3) is 6.71 Å². The highest BCUT2D eigenvalue weighted by Crippen LogP contribution is 2.58. The molecular formula is C116H136BN3. The minimum atomic E-state index is -0.534. The molecule has 0 bridgehead atoms. The summed E-state index contributed by atoms with van der Waals surface area (Å²) >= 11 is 0. The summed E-state index contributed by atoms with van der Waals surface area (Å²) in [5.74, 6) is 0. The summed E-state index contributed by atoms with van der Waals surface area (Å²) in [6, 6.07) is 65.8. The van der Waals surface area contributed by atoms with Crippen LogP contribution < -0.4 is 26.2 Å². The van der Waals surface area contributed by atoms with Crippen molar-refractivity contribution in [3.05, 3.63) is 285 Å². The van der Waals surface area contributed by atoms with E-state index in [1.807, 2.05) is 6.07 Å². The first-order valence-electron chi connectivity index (χ1n) is 47.9. The highest BCUT2D eigenvalue weighted by Gasteiger charge is 2.48. The van der Waals surface area contributed by atoms with Crippen LogP contribution in [0.2, 0.25) is 0 Å². The van der Waals surface area contributed by atoms with E-state index in [1.165, 1.54) is 50.1 Å². The first-order valence-corrected chi connectivity index (χ1v) is 43.9. The fourth-order valence-corrected chi connectivity index (χ4v) is 18.1. The number of hydrogen-bond acceptors (Lipinski definition) is 2. The van der Waals surface area contributed by atoms with Crippen LogP contribution in [0.25, 0.3) is 83.1 Å². The highest BCUT2D eigenvalue weighted by atomic mass is 15.2. The molecule has 2 aliphatic rings. The van der Waals surface area contributed by atoms with Crippen LogP contribution in [0.5, 0.6) is 0 Å². The number of nitrogens with zero attached hydrogens (tertiary/aromatic N) is 3. The van der Waals surface area contributed by atoms with E-state index in [2.05, 4.69) is 408 Å². The number of anilines is 6. The summed E-state index contributed by atoms with van der Waals surface area (Å²) < 4.78 is 79.1. The van der Waals surface area contributed by atoms with Gasteiger partial charge in [0, 0.05) is 61.5 Å². The summed E-state index contributed by atoms with van der Waals surface area (Å²) in [5, 5.41) is 0.0385. The Morgan fingerprint density at radius 1 is 0.233 bits per heavy atom. The molecule has 0 spiro atoms. The van der Waals surface area contributed by atoms with Crippen molar-refractivity contribution in [2.75, 3.05) is 9.80 Å². The number of benzene rings is 12. The zero-order valence-corrected chi connectivity index (χ0v) is 78.7. The average molecular weight is 1590 g/mol. The highest BCUT2D eigenvalue weighted by molar-refractivity contribution is 7.00.